The first-order chi connectivity index (χ1) is 17.0. The van der Waals surface area contributed by atoms with E-state index in [2.05, 4.69) is 10.2 Å². The number of piperazine rings is 1. The summed E-state index contributed by atoms with van der Waals surface area (Å²) in [6.45, 7) is 6.15. The van der Waals surface area contributed by atoms with Gasteiger partial charge in [0.1, 0.15) is 5.75 Å². The van der Waals surface area contributed by atoms with E-state index in [1.165, 1.54) is 5.56 Å². The van der Waals surface area contributed by atoms with E-state index >= 15 is 0 Å². The zero-order valence-electron chi connectivity index (χ0n) is 20.2. The molecule has 1 aliphatic heterocycles. The summed E-state index contributed by atoms with van der Waals surface area (Å²) in [5.74, 6) is 0.814. The molecule has 0 saturated carbocycles. The molecule has 3 aromatic carbocycles. The highest BCUT2D eigenvalue weighted by molar-refractivity contribution is 6.30. The van der Waals surface area contributed by atoms with Crippen LogP contribution in [0.15, 0.2) is 72.8 Å². The molecular formula is C28H32ClN3O3. The van der Waals surface area contributed by atoms with Crippen molar-refractivity contribution < 1.29 is 14.3 Å². The van der Waals surface area contributed by atoms with Crippen LogP contribution in [0.3, 0.4) is 0 Å². The number of hydrogen-bond acceptors (Lipinski definition) is 4. The molecular weight excluding hydrogens is 462 g/mol. The van der Waals surface area contributed by atoms with Crippen LogP contribution in [0.2, 0.25) is 5.02 Å². The molecule has 0 spiro atoms. The lowest BCUT2D eigenvalue weighted by atomic mass is 10.1. The molecule has 3 aromatic rings. The second-order valence-electron chi connectivity index (χ2n) is 8.79. The molecule has 1 fully saturated rings. The van der Waals surface area contributed by atoms with Crippen molar-refractivity contribution in [2.75, 3.05) is 45.2 Å². The summed E-state index contributed by atoms with van der Waals surface area (Å²) in [7, 11) is 1.66. The maximum absolute atomic E-state index is 12.7. The van der Waals surface area contributed by atoms with E-state index in [9.17, 15) is 4.79 Å². The Balaban J connectivity index is 1.35. The topological polar surface area (TPSA) is 54.0 Å². The third-order valence-electron chi connectivity index (χ3n) is 6.21. The number of nitrogens with one attached hydrogen (secondary N) is 1. The van der Waals surface area contributed by atoms with Gasteiger partial charge in [0.2, 0.25) is 0 Å². The third kappa shape index (κ3) is 7.21. The van der Waals surface area contributed by atoms with Crippen LogP contribution in [0, 0.1) is 6.92 Å². The van der Waals surface area contributed by atoms with Crippen molar-refractivity contribution in [1.82, 2.24) is 9.80 Å². The average molecular weight is 494 g/mol. The number of halogens is 1. The highest BCUT2D eigenvalue weighted by atomic mass is 35.5. The zero-order chi connectivity index (χ0) is 24.6. The number of ether oxygens (including phenoxy) is 2. The minimum absolute atomic E-state index is 0.0583. The standard InChI is InChI=1S/C28H32ClN3O3/c1-21-6-12-25(13-7-21)30-28(33)32-16-14-31(15-17-32)19-27(23-8-10-24(29)11-9-23)35-20-22-4-3-5-26(18-22)34-2/h3-13,18,27H,14-17,19-20H2,1-2H3,(H,30,33)/t27-/m0/s1. The Hall–Kier alpha value is -3.06. The first-order valence-corrected chi connectivity index (χ1v) is 12.2. The Morgan fingerprint density at radius 2 is 1.71 bits per heavy atom. The number of carbonyl (C=O) groups excluding carboxylic acids is 1. The van der Waals surface area contributed by atoms with Crippen LogP contribution < -0.4 is 10.1 Å². The molecule has 1 N–H and O–H groups in total. The van der Waals surface area contributed by atoms with Crippen molar-refractivity contribution in [2.24, 2.45) is 0 Å². The number of aryl methyl sites for hydroxylation is 1. The summed E-state index contributed by atoms with van der Waals surface area (Å²) < 4.78 is 11.7. The van der Waals surface area contributed by atoms with Gasteiger partial charge < -0.3 is 19.7 Å². The number of carbonyl (C=O) groups is 1. The lowest BCUT2D eigenvalue weighted by Gasteiger charge is -2.36. The highest BCUT2D eigenvalue weighted by Crippen LogP contribution is 2.24. The van der Waals surface area contributed by atoms with Crippen LogP contribution in [-0.4, -0.2) is 55.7 Å². The predicted molar refractivity (Wildman–Crippen MR) is 140 cm³/mol. The molecule has 1 saturated heterocycles. The van der Waals surface area contributed by atoms with Crippen molar-refractivity contribution in [3.63, 3.8) is 0 Å². The van der Waals surface area contributed by atoms with Crippen molar-refractivity contribution >= 4 is 23.3 Å². The number of nitrogens with zero attached hydrogens (tertiary/aromatic N) is 2. The van der Waals surface area contributed by atoms with E-state index in [0.717, 1.165) is 42.2 Å². The molecule has 0 aliphatic carbocycles. The van der Waals surface area contributed by atoms with Gasteiger partial charge in [0.25, 0.3) is 0 Å². The molecule has 35 heavy (non-hydrogen) atoms. The minimum Gasteiger partial charge on any atom is -0.497 e. The minimum atomic E-state index is -0.119. The molecule has 1 aliphatic rings. The number of hydrogen-bond donors (Lipinski definition) is 1. The van der Waals surface area contributed by atoms with E-state index in [4.69, 9.17) is 21.1 Å². The maximum Gasteiger partial charge on any atom is 0.321 e. The van der Waals surface area contributed by atoms with E-state index < -0.39 is 0 Å². The average Bonchev–Trinajstić information content (AvgIpc) is 2.89. The maximum atomic E-state index is 12.7. The lowest BCUT2D eigenvalue weighted by Crippen LogP contribution is -2.50. The molecule has 0 unspecified atom stereocenters. The first kappa shape index (κ1) is 25.0. The summed E-state index contributed by atoms with van der Waals surface area (Å²) in [5, 5.41) is 3.70. The summed E-state index contributed by atoms with van der Waals surface area (Å²) in [6.07, 6.45) is -0.119. The van der Waals surface area contributed by atoms with Gasteiger partial charge in [-0.2, -0.15) is 0 Å². The quantitative estimate of drug-likeness (QED) is 0.433. The van der Waals surface area contributed by atoms with Gasteiger partial charge in [-0.15, -0.1) is 0 Å². The predicted octanol–water partition coefficient (Wildman–Crippen LogP) is 5.76. The Morgan fingerprint density at radius 1 is 1.00 bits per heavy atom. The van der Waals surface area contributed by atoms with E-state index in [0.29, 0.717) is 24.7 Å². The summed E-state index contributed by atoms with van der Waals surface area (Å²) >= 11 is 6.12. The van der Waals surface area contributed by atoms with Gasteiger partial charge in [-0.1, -0.05) is 53.6 Å². The number of benzene rings is 3. The van der Waals surface area contributed by atoms with Crippen molar-refractivity contribution in [3.05, 3.63) is 94.5 Å². The number of urea groups is 1. The van der Waals surface area contributed by atoms with Crippen LogP contribution in [-0.2, 0) is 11.3 Å². The Labute approximate surface area is 212 Å². The number of rotatable bonds is 8. The number of methoxy groups -OCH3 is 1. The molecule has 1 heterocycles. The van der Waals surface area contributed by atoms with Crippen molar-refractivity contribution in [3.8, 4) is 5.75 Å². The van der Waals surface area contributed by atoms with Gasteiger partial charge in [-0.05, 0) is 54.4 Å². The largest absolute Gasteiger partial charge is 0.497 e. The highest BCUT2D eigenvalue weighted by Gasteiger charge is 2.24. The molecule has 2 amide bonds. The fraction of sp³-hybridized carbons (Fsp3) is 0.321. The fourth-order valence-corrected chi connectivity index (χ4v) is 4.22. The summed E-state index contributed by atoms with van der Waals surface area (Å²) in [4.78, 5) is 16.9. The second kappa shape index (κ2) is 12.1. The molecule has 1 atom stereocenters. The van der Waals surface area contributed by atoms with Crippen LogP contribution >= 0.6 is 11.6 Å². The molecule has 7 heteroatoms. The molecule has 184 valence electrons. The smallest absolute Gasteiger partial charge is 0.321 e. The molecule has 4 rings (SSSR count). The Kier molecular flexibility index (Phi) is 8.64. The van der Waals surface area contributed by atoms with E-state index in [1.807, 2.05) is 84.6 Å². The molecule has 0 bridgehead atoms. The van der Waals surface area contributed by atoms with E-state index in [1.54, 1.807) is 7.11 Å². The molecule has 6 nitrogen and oxygen atoms in total. The fourth-order valence-electron chi connectivity index (χ4n) is 4.10. The van der Waals surface area contributed by atoms with Crippen LogP contribution in [0.4, 0.5) is 10.5 Å². The van der Waals surface area contributed by atoms with Gasteiger partial charge in [0.05, 0.1) is 19.8 Å². The number of anilines is 1. The third-order valence-corrected chi connectivity index (χ3v) is 6.47. The van der Waals surface area contributed by atoms with Crippen molar-refractivity contribution in [1.29, 1.82) is 0 Å². The van der Waals surface area contributed by atoms with Crippen LogP contribution in [0.5, 0.6) is 5.75 Å². The monoisotopic (exact) mass is 493 g/mol. The Morgan fingerprint density at radius 3 is 2.40 bits per heavy atom. The summed E-state index contributed by atoms with van der Waals surface area (Å²) in [5.41, 5.74) is 4.12. The zero-order valence-corrected chi connectivity index (χ0v) is 21.0. The Bertz CT molecular complexity index is 1100. The first-order valence-electron chi connectivity index (χ1n) is 11.8. The molecule has 0 aromatic heterocycles. The van der Waals surface area contributed by atoms with Crippen LogP contribution in [0.25, 0.3) is 0 Å². The van der Waals surface area contributed by atoms with Gasteiger partial charge in [0.15, 0.2) is 0 Å². The van der Waals surface area contributed by atoms with Gasteiger partial charge in [-0.3, -0.25) is 4.90 Å². The summed E-state index contributed by atoms with van der Waals surface area (Å²) in [6, 6.07) is 23.5. The van der Waals surface area contributed by atoms with Crippen LogP contribution in [0.1, 0.15) is 22.8 Å². The van der Waals surface area contributed by atoms with E-state index in [-0.39, 0.29) is 12.1 Å². The normalized spacial score (nSPS) is 15.0. The van der Waals surface area contributed by atoms with Gasteiger partial charge in [0, 0.05) is 43.4 Å². The second-order valence-corrected chi connectivity index (χ2v) is 9.22. The van der Waals surface area contributed by atoms with Crippen molar-refractivity contribution in [2.45, 2.75) is 19.6 Å². The van der Waals surface area contributed by atoms with Gasteiger partial charge >= 0.3 is 6.03 Å². The number of amides is 2. The SMILES string of the molecule is COc1cccc(CO[C@@H](CN2CCN(C(=O)Nc3ccc(C)cc3)CC2)c2ccc(Cl)cc2)c1. The lowest BCUT2D eigenvalue weighted by molar-refractivity contribution is 0.00588. The molecule has 0 radical (unpaired) electrons. The van der Waals surface area contributed by atoms with Gasteiger partial charge in [-0.25, -0.2) is 4.79 Å².